The van der Waals surface area contributed by atoms with Gasteiger partial charge in [0, 0.05) is 12.0 Å². The molecule has 112 valence electrons. The quantitative estimate of drug-likeness (QED) is 0.822. The number of hydrogen-bond donors (Lipinski definition) is 1. The Bertz CT molecular complexity index is 627. The lowest BCUT2D eigenvalue weighted by Crippen LogP contribution is -2.12. The summed E-state index contributed by atoms with van der Waals surface area (Å²) in [5.41, 5.74) is 0.793. The van der Waals surface area contributed by atoms with Gasteiger partial charge in [-0.05, 0) is 31.0 Å². The molecule has 2 aromatic rings. The van der Waals surface area contributed by atoms with Crippen molar-refractivity contribution in [2.45, 2.75) is 39.5 Å². The summed E-state index contributed by atoms with van der Waals surface area (Å²) >= 11 is 1.37. The van der Waals surface area contributed by atoms with Crippen molar-refractivity contribution in [2.75, 3.05) is 5.32 Å². The summed E-state index contributed by atoms with van der Waals surface area (Å²) < 4.78 is 13.5. The Labute approximate surface area is 127 Å². The first kappa shape index (κ1) is 15.6. The lowest BCUT2D eigenvalue weighted by atomic mass is 10.1. The number of aryl methyl sites for hydroxylation is 2. The third kappa shape index (κ3) is 4.32. The second-order valence-corrected chi connectivity index (χ2v) is 5.94. The minimum absolute atomic E-state index is 0.279. The van der Waals surface area contributed by atoms with Crippen LogP contribution < -0.4 is 5.32 Å². The minimum Gasteiger partial charge on any atom is -0.296 e. The number of nitrogens with zero attached hydrogens (tertiary/aromatic N) is 2. The van der Waals surface area contributed by atoms with Crippen molar-refractivity contribution in [3.05, 3.63) is 40.2 Å². The van der Waals surface area contributed by atoms with Crippen molar-refractivity contribution in [1.29, 1.82) is 0 Å². The summed E-state index contributed by atoms with van der Waals surface area (Å²) in [6.45, 7) is 3.80. The number of nitrogens with one attached hydrogen (secondary N) is 1. The highest BCUT2D eigenvalue weighted by Crippen LogP contribution is 2.19. The van der Waals surface area contributed by atoms with E-state index in [1.165, 1.54) is 17.4 Å². The van der Waals surface area contributed by atoms with Crippen molar-refractivity contribution in [1.82, 2.24) is 10.2 Å². The molecule has 1 aromatic carbocycles. The molecule has 2 rings (SSSR count). The Morgan fingerprint density at radius 3 is 2.86 bits per heavy atom. The number of aromatic nitrogens is 2. The Morgan fingerprint density at radius 2 is 2.14 bits per heavy atom. The van der Waals surface area contributed by atoms with Gasteiger partial charge in [-0.25, -0.2) is 4.39 Å². The van der Waals surface area contributed by atoms with E-state index in [1.807, 2.05) is 0 Å². The number of rotatable bonds is 6. The molecule has 0 aliphatic carbocycles. The van der Waals surface area contributed by atoms with Gasteiger partial charge in [-0.3, -0.25) is 10.1 Å². The molecule has 0 saturated carbocycles. The maximum absolute atomic E-state index is 13.5. The van der Waals surface area contributed by atoms with Crippen LogP contribution in [0, 0.1) is 12.7 Å². The first-order valence-corrected chi connectivity index (χ1v) is 7.81. The van der Waals surface area contributed by atoms with Crippen molar-refractivity contribution >= 4 is 22.4 Å². The fraction of sp³-hybridized carbons (Fsp3) is 0.400. The van der Waals surface area contributed by atoms with Crippen LogP contribution in [0.5, 0.6) is 0 Å². The van der Waals surface area contributed by atoms with E-state index < -0.39 is 0 Å². The van der Waals surface area contributed by atoms with Gasteiger partial charge in [-0.1, -0.05) is 37.2 Å². The fourth-order valence-electron chi connectivity index (χ4n) is 1.83. The van der Waals surface area contributed by atoms with Gasteiger partial charge >= 0.3 is 0 Å². The van der Waals surface area contributed by atoms with Crippen molar-refractivity contribution < 1.29 is 9.18 Å². The molecule has 0 spiro atoms. The van der Waals surface area contributed by atoms with Crippen molar-refractivity contribution in [3.63, 3.8) is 0 Å². The molecule has 1 aromatic heterocycles. The summed E-state index contributed by atoms with van der Waals surface area (Å²) in [5.74, 6) is -0.759. The monoisotopic (exact) mass is 307 g/mol. The second kappa shape index (κ2) is 7.26. The molecule has 0 atom stereocenters. The molecule has 1 N–H and O–H groups in total. The van der Waals surface area contributed by atoms with E-state index >= 15 is 0 Å². The van der Waals surface area contributed by atoms with Crippen LogP contribution >= 0.6 is 11.3 Å². The van der Waals surface area contributed by atoms with Crippen LogP contribution in [-0.4, -0.2) is 16.1 Å². The van der Waals surface area contributed by atoms with Crippen LogP contribution in [0.25, 0.3) is 0 Å². The molecule has 0 fully saturated rings. The van der Waals surface area contributed by atoms with Crippen LogP contribution in [0.2, 0.25) is 0 Å². The van der Waals surface area contributed by atoms with Crippen LogP contribution in [-0.2, 0) is 6.42 Å². The summed E-state index contributed by atoms with van der Waals surface area (Å²) in [7, 11) is 0. The molecule has 21 heavy (non-hydrogen) atoms. The molecule has 0 unspecified atom stereocenters. The Kier molecular flexibility index (Phi) is 5.38. The number of carbonyl (C=O) groups is 1. The first-order valence-electron chi connectivity index (χ1n) is 7.00. The zero-order valence-corrected chi connectivity index (χ0v) is 13.0. The highest BCUT2D eigenvalue weighted by molar-refractivity contribution is 7.15. The van der Waals surface area contributed by atoms with Gasteiger partial charge in [0.2, 0.25) is 5.13 Å². The molecule has 0 radical (unpaired) electrons. The number of hydrogen-bond acceptors (Lipinski definition) is 4. The predicted molar refractivity (Wildman–Crippen MR) is 82.2 cm³/mol. The van der Waals surface area contributed by atoms with Crippen LogP contribution in [0.1, 0.15) is 47.1 Å². The average molecular weight is 307 g/mol. The van der Waals surface area contributed by atoms with Crippen molar-refractivity contribution in [3.8, 4) is 0 Å². The lowest BCUT2D eigenvalue weighted by molar-refractivity contribution is 0.102. The maximum Gasteiger partial charge on any atom is 0.257 e. The van der Waals surface area contributed by atoms with E-state index in [-0.39, 0.29) is 17.3 Å². The Morgan fingerprint density at radius 1 is 1.33 bits per heavy atom. The first-order chi connectivity index (χ1) is 10.1. The number of carbonyl (C=O) groups excluding carboxylic acids is 1. The third-order valence-electron chi connectivity index (χ3n) is 3.12. The van der Waals surface area contributed by atoms with E-state index in [1.54, 1.807) is 19.1 Å². The summed E-state index contributed by atoms with van der Waals surface area (Å²) in [6, 6.07) is 4.41. The van der Waals surface area contributed by atoms with Crippen LogP contribution in [0.15, 0.2) is 18.2 Å². The van der Waals surface area contributed by atoms with E-state index in [9.17, 15) is 9.18 Å². The van der Waals surface area contributed by atoms with E-state index in [0.717, 1.165) is 30.7 Å². The molecule has 0 aliphatic rings. The van der Waals surface area contributed by atoms with Crippen LogP contribution in [0.3, 0.4) is 0 Å². The SMILES string of the molecule is CCCCCc1nnc(NC(=O)c2ccc(C)c(F)c2)s1. The number of halogens is 1. The molecule has 4 nitrogen and oxygen atoms in total. The summed E-state index contributed by atoms with van der Waals surface area (Å²) in [4.78, 5) is 12.0. The zero-order chi connectivity index (χ0) is 15.2. The largest absolute Gasteiger partial charge is 0.296 e. The van der Waals surface area contributed by atoms with Crippen molar-refractivity contribution in [2.24, 2.45) is 0 Å². The smallest absolute Gasteiger partial charge is 0.257 e. The Hall–Kier alpha value is -1.82. The molecule has 1 amide bonds. The third-order valence-corrected chi connectivity index (χ3v) is 4.01. The maximum atomic E-state index is 13.5. The van der Waals surface area contributed by atoms with Crippen LogP contribution in [0.4, 0.5) is 9.52 Å². The van der Waals surface area contributed by atoms with Gasteiger partial charge < -0.3 is 0 Å². The molecule has 6 heteroatoms. The summed E-state index contributed by atoms with van der Waals surface area (Å²) in [6.07, 6.45) is 4.26. The van der Waals surface area contributed by atoms with E-state index in [2.05, 4.69) is 22.4 Å². The molecular weight excluding hydrogens is 289 g/mol. The van der Waals surface area contributed by atoms with Gasteiger partial charge in [0.1, 0.15) is 10.8 Å². The number of unbranched alkanes of at least 4 members (excludes halogenated alkanes) is 2. The molecular formula is C15H18FN3OS. The molecule has 0 saturated heterocycles. The number of amides is 1. The standard InChI is InChI=1S/C15H18FN3OS/c1-3-4-5-6-13-18-19-15(21-13)17-14(20)11-8-7-10(2)12(16)9-11/h7-9H,3-6H2,1-2H3,(H,17,19,20). The molecule has 0 bridgehead atoms. The highest BCUT2D eigenvalue weighted by Gasteiger charge is 2.11. The molecule has 1 heterocycles. The van der Waals surface area contributed by atoms with E-state index in [0.29, 0.717) is 10.7 Å². The van der Waals surface area contributed by atoms with Gasteiger partial charge in [0.05, 0.1) is 0 Å². The normalized spacial score (nSPS) is 10.6. The van der Waals surface area contributed by atoms with E-state index in [4.69, 9.17) is 0 Å². The van der Waals surface area contributed by atoms with Gasteiger partial charge in [0.25, 0.3) is 5.91 Å². The number of benzene rings is 1. The lowest BCUT2D eigenvalue weighted by Gasteiger charge is -2.02. The number of anilines is 1. The second-order valence-electron chi connectivity index (χ2n) is 4.88. The topological polar surface area (TPSA) is 54.9 Å². The molecule has 0 aliphatic heterocycles. The average Bonchev–Trinajstić information content (AvgIpc) is 2.89. The zero-order valence-electron chi connectivity index (χ0n) is 12.1. The fourth-order valence-corrected chi connectivity index (χ4v) is 2.61. The Balaban J connectivity index is 1.97. The summed E-state index contributed by atoms with van der Waals surface area (Å²) in [5, 5.41) is 12.0. The van der Waals surface area contributed by atoms with Gasteiger partial charge in [-0.2, -0.15) is 0 Å². The van der Waals surface area contributed by atoms with Gasteiger partial charge in [-0.15, -0.1) is 10.2 Å². The van der Waals surface area contributed by atoms with Gasteiger partial charge in [0.15, 0.2) is 0 Å². The predicted octanol–water partition coefficient (Wildman–Crippen LogP) is 3.97. The highest BCUT2D eigenvalue weighted by atomic mass is 32.1. The minimum atomic E-state index is -0.389.